The van der Waals surface area contributed by atoms with E-state index < -0.39 is 32.3 Å². The summed E-state index contributed by atoms with van der Waals surface area (Å²) in [6.07, 6.45) is 0. The zero-order valence-corrected chi connectivity index (χ0v) is 23.2. The molecule has 4 aromatic carbocycles. The van der Waals surface area contributed by atoms with Crippen LogP contribution in [-0.2, 0) is 28.9 Å². The first-order valence-corrected chi connectivity index (χ1v) is 13.9. The summed E-state index contributed by atoms with van der Waals surface area (Å²) in [5.41, 5.74) is 4.40. The molecule has 0 saturated carbocycles. The van der Waals surface area contributed by atoms with Gasteiger partial charge in [0.1, 0.15) is 44.9 Å². The molecule has 9 N–H and O–H groups in total. The van der Waals surface area contributed by atoms with Crippen LogP contribution in [0.4, 0.5) is 28.4 Å². The minimum absolute atomic E-state index is 0.0166. The van der Waals surface area contributed by atoms with Gasteiger partial charge in [-0.25, -0.2) is 10.5 Å². The number of nitrogens with zero attached hydrogens (tertiary/aromatic N) is 4. The molecule has 226 valence electrons. The van der Waals surface area contributed by atoms with E-state index in [0.717, 1.165) is 24.3 Å². The normalized spacial score (nSPS) is 12.2. The van der Waals surface area contributed by atoms with Crippen LogP contribution in [0.5, 0.6) is 23.0 Å². The van der Waals surface area contributed by atoms with Crippen molar-refractivity contribution in [3.05, 3.63) is 48.5 Å². The summed E-state index contributed by atoms with van der Waals surface area (Å²) in [6.45, 7) is 0. The monoisotopic (exact) mass is 655 g/mol. The van der Waals surface area contributed by atoms with Crippen molar-refractivity contribution in [1.82, 2.24) is 0 Å². The molecule has 0 aliphatic rings. The van der Waals surface area contributed by atoms with Crippen molar-refractivity contribution in [2.45, 2.75) is 14.7 Å². The summed E-state index contributed by atoms with van der Waals surface area (Å²) >= 11 is 0.933. The highest BCUT2D eigenvalue weighted by atomic mass is 32.2. The van der Waals surface area contributed by atoms with Gasteiger partial charge in [-0.1, -0.05) is 10.1 Å². The number of azo groups is 2. The molecule has 21 heteroatoms. The first-order valence-electron chi connectivity index (χ1n) is 11.0. The van der Waals surface area contributed by atoms with Gasteiger partial charge in [0.2, 0.25) is 0 Å². The maximum Gasteiger partial charge on any atom is 0.296 e. The standard InChI is InChI=1S/C22H17N5O13S3/c23-12-6-11-9(4-20(12)43(34,35)36)3-19(42-40-38-33)21(22(11)31)27-26-15-8-17(29)14(7-18(15)30)25-24-13-5-10(41-39-37-32)1-2-16(13)28/h1-8,28-33H,23H2,(H,34,35,36). The van der Waals surface area contributed by atoms with Crippen molar-refractivity contribution in [1.29, 1.82) is 0 Å². The molecule has 0 spiro atoms. The fourth-order valence-electron chi connectivity index (χ4n) is 3.44. The van der Waals surface area contributed by atoms with Gasteiger partial charge in [-0.15, -0.1) is 29.1 Å². The number of rotatable bonds is 11. The van der Waals surface area contributed by atoms with Crippen molar-refractivity contribution in [3.8, 4) is 23.0 Å². The largest absolute Gasteiger partial charge is 0.506 e. The lowest BCUT2D eigenvalue weighted by atomic mass is 10.1. The summed E-state index contributed by atoms with van der Waals surface area (Å²) < 4.78 is 41.4. The Morgan fingerprint density at radius 1 is 0.721 bits per heavy atom. The van der Waals surface area contributed by atoms with Crippen LogP contribution in [-0.4, -0.2) is 43.9 Å². The van der Waals surface area contributed by atoms with Crippen LogP contribution in [0.1, 0.15) is 0 Å². The molecular formula is C22H17N5O13S3. The highest BCUT2D eigenvalue weighted by molar-refractivity contribution is 7.95. The highest BCUT2D eigenvalue weighted by Gasteiger charge is 2.21. The Morgan fingerprint density at radius 3 is 1.91 bits per heavy atom. The van der Waals surface area contributed by atoms with Gasteiger partial charge in [-0.2, -0.15) is 8.42 Å². The minimum atomic E-state index is -4.71. The van der Waals surface area contributed by atoms with E-state index in [-0.39, 0.29) is 49.9 Å². The van der Waals surface area contributed by atoms with E-state index in [4.69, 9.17) is 16.2 Å². The van der Waals surface area contributed by atoms with Crippen LogP contribution >= 0.6 is 24.1 Å². The second kappa shape index (κ2) is 13.3. The molecule has 0 heterocycles. The summed E-state index contributed by atoms with van der Waals surface area (Å²) in [5, 5.41) is 81.0. The van der Waals surface area contributed by atoms with Crippen LogP contribution in [0, 0.1) is 0 Å². The maximum absolute atomic E-state index is 11.6. The predicted molar refractivity (Wildman–Crippen MR) is 147 cm³/mol. The number of hydrogen-bond donors (Lipinski definition) is 8. The topological polar surface area (TPSA) is 288 Å². The second-order valence-corrected chi connectivity index (χ2v) is 10.9. The Hall–Kier alpha value is -4.29. The smallest absolute Gasteiger partial charge is 0.296 e. The summed E-state index contributed by atoms with van der Waals surface area (Å²) in [5.74, 6) is -1.96. The number of nitrogen functional groups attached to an aromatic ring is 1. The molecule has 0 saturated heterocycles. The average Bonchev–Trinajstić information content (AvgIpc) is 2.95. The summed E-state index contributed by atoms with van der Waals surface area (Å²) in [4.78, 5) is -0.358. The Kier molecular flexibility index (Phi) is 9.82. The van der Waals surface area contributed by atoms with Gasteiger partial charge in [-0.3, -0.25) is 4.55 Å². The zero-order valence-electron chi connectivity index (χ0n) is 20.8. The molecule has 4 aromatic rings. The number of benzene rings is 4. The number of fused-ring (bicyclic) bond motifs is 1. The molecule has 18 nitrogen and oxygen atoms in total. The van der Waals surface area contributed by atoms with Crippen molar-refractivity contribution in [2.24, 2.45) is 20.5 Å². The molecule has 0 fully saturated rings. The first-order chi connectivity index (χ1) is 20.4. The van der Waals surface area contributed by atoms with E-state index in [9.17, 15) is 33.4 Å². The number of phenolic OH excluding ortho intramolecular Hbond substituents is 4. The lowest BCUT2D eigenvalue weighted by Gasteiger charge is -2.11. The molecule has 0 unspecified atom stereocenters. The van der Waals surface area contributed by atoms with Gasteiger partial charge in [0, 0.05) is 22.4 Å². The fraction of sp³-hybridized carbons (Fsp3) is 0. The Labute approximate surface area is 248 Å². The summed E-state index contributed by atoms with van der Waals surface area (Å²) in [6, 6.07) is 9.22. The Morgan fingerprint density at radius 2 is 1.30 bits per heavy atom. The molecule has 0 bridgehead atoms. The molecule has 0 aliphatic carbocycles. The maximum atomic E-state index is 11.6. The molecule has 0 amide bonds. The highest BCUT2D eigenvalue weighted by Crippen LogP contribution is 2.47. The van der Waals surface area contributed by atoms with Crippen LogP contribution < -0.4 is 5.73 Å². The molecule has 0 aliphatic heterocycles. The average molecular weight is 656 g/mol. The van der Waals surface area contributed by atoms with Crippen molar-refractivity contribution in [3.63, 3.8) is 0 Å². The van der Waals surface area contributed by atoms with Gasteiger partial charge in [-0.05, 0) is 41.8 Å². The summed E-state index contributed by atoms with van der Waals surface area (Å²) in [7, 11) is -4.71. The minimum Gasteiger partial charge on any atom is -0.506 e. The van der Waals surface area contributed by atoms with Crippen molar-refractivity contribution < 1.29 is 62.7 Å². The van der Waals surface area contributed by atoms with E-state index in [0.29, 0.717) is 29.0 Å². The second-order valence-electron chi connectivity index (χ2n) is 7.99. The zero-order chi connectivity index (χ0) is 31.3. The van der Waals surface area contributed by atoms with Gasteiger partial charge >= 0.3 is 0 Å². The van der Waals surface area contributed by atoms with Gasteiger partial charge in [0.15, 0.2) is 5.75 Å². The van der Waals surface area contributed by atoms with Gasteiger partial charge < -0.3 is 26.2 Å². The third-order valence-corrected chi connectivity index (χ3v) is 7.42. The number of aromatic hydroxyl groups is 4. The molecule has 4 rings (SSSR count). The molecular weight excluding hydrogens is 638 g/mol. The first kappa shape index (κ1) is 31.6. The number of nitrogens with two attached hydrogens (primary N) is 1. The Bertz CT molecular complexity index is 1860. The van der Waals surface area contributed by atoms with E-state index >= 15 is 0 Å². The number of phenols is 4. The van der Waals surface area contributed by atoms with Gasteiger partial charge in [0.05, 0.1) is 34.7 Å². The molecule has 0 radical (unpaired) electrons. The van der Waals surface area contributed by atoms with Crippen molar-refractivity contribution >= 4 is 73.4 Å². The molecule has 0 atom stereocenters. The quantitative estimate of drug-likeness (QED) is 0.0170. The third kappa shape index (κ3) is 7.38. The Balaban J connectivity index is 1.70. The number of anilines is 1. The molecule has 43 heavy (non-hydrogen) atoms. The lowest BCUT2D eigenvalue weighted by molar-refractivity contribution is -0.432. The van der Waals surface area contributed by atoms with Crippen molar-refractivity contribution in [2.75, 3.05) is 5.73 Å². The third-order valence-electron chi connectivity index (χ3n) is 5.32. The van der Waals surface area contributed by atoms with Crippen LogP contribution in [0.2, 0.25) is 0 Å². The van der Waals surface area contributed by atoms with E-state index in [2.05, 4.69) is 39.2 Å². The predicted octanol–water partition coefficient (Wildman–Crippen LogP) is 6.18. The lowest BCUT2D eigenvalue weighted by Crippen LogP contribution is -2.03. The number of hydrogen-bond acceptors (Lipinski definition) is 19. The van der Waals surface area contributed by atoms with Crippen LogP contribution in [0.15, 0.2) is 83.7 Å². The van der Waals surface area contributed by atoms with Gasteiger partial charge in [0.25, 0.3) is 10.1 Å². The van der Waals surface area contributed by atoms with Crippen LogP contribution in [0.3, 0.4) is 0 Å². The SMILES string of the molecule is Nc1cc2c(O)c(N=Nc3cc(O)c(N=Nc4cc(SOOO)ccc4O)cc3O)c(SOOO)cc2cc1S(=O)(=O)O. The van der Waals surface area contributed by atoms with E-state index in [1.165, 1.54) is 24.3 Å². The van der Waals surface area contributed by atoms with E-state index in [1.54, 1.807) is 0 Å². The van der Waals surface area contributed by atoms with Crippen LogP contribution in [0.25, 0.3) is 10.8 Å². The van der Waals surface area contributed by atoms with E-state index in [1.807, 2.05) is 0 Å². The molecule has 0 aromatic heterocycles. The fourth-order valence-corrected chi connectivity index (χ4v) is 4.96.